The van der Waals surface area contributed by atoms with Crippen LogP contribution >= 0.6 is 0 Å². The zero-order valence-electron chi connectivity index (χ0n) is 10.5. The molecule has 0 amide bonds. The van der Waals surface area contributed by atoms with E-state index in [0.717, 1.165) is 6.07 Å². The lowest BCUT2D eigenvalue weighted by Gasteiger charge is -2.11. The predicted octanol–water partition coefficient (Wildman–Crippen LogP) is 4.14. The molecule has 0 aliphatic carbocycles. The first-order valence-electron chi connectivity index (χ1n) is 5.61. The maximum atomic E-state index is 13.6. The van der Waals surface area contributed by atoms with E-state index in [9.17, 15) is 13.2 Å². The molecule has 0 fully saturated rings. The first-order valence-corrected chi connectivity index (χ1v) is 5.61. The topological polar surface area (TPSA) is 22.1 Å². The Labute approximate surface area is 108 Å². The maximum Gasteiger partial charge on any atom is 0.264 e. The van der Waals surface area contributed by atoms with Gasteiger partial charge in [0.2, 0.25) is 5.88 Å². The van der Waals surface area contributed by atoms with Crippen LogP contribution in [0.4, 0.5) is 13.2 Å². The molecule has 0 spiro atoms. The summed E-state index contributed by atoms with van der Waals surface area (Å²) in [6.45, 7) is 1.46. The van der Waals surface area contributed by atoms with E-state index in [2.05, 4.69) is 4.98 Å². The van der Waals surface area contributed by atoms with E-state index in [0.29, 0.717) is 11.4 Å². The third-order valence-corrected chi connectivity index (χ3v) is 2.82. The molecule has 1 aromatic carbocycles. The zero-order valence-corrected chi connectivity index (χ0v) is 10.5. The van der Waals surface area contributed by atoms with Gasteiger partial charge in [-0.2, -0.15) is 0 Å². The average Bonchev–Trinajstić information content (AvgIpc) is 2.41. The number of hydrogen-bond donors (Lipinski definition) is 0. The summed E-state index contributed by atoms with van der Waals surface area (Å²) in [4.78, 5) is 3.89. The standard InChI is InChI=1S/C14H12F3NO/c1-8-5-11(14(16)17)10(7-12(8)15)9-3-4-18-13(6-9)19-2/h3-7,14H,1-2H3. The fraction of sp³-hybridized carbons (Fsp3) is 0.214. The van der Waals surface area contributed by atoms with Gasteiger partial charge in [0.05, 0.1) is 7.11 Å². The molecule has 0 N–H and O–H groups in total. The molecule has 19 heavy (non-hydrogen) atoms. The van der Waals surface area contributed by atoms with Crippen LogP contribution < -0.4 is 4.74 Å². The van der Waals surface area contributed by atoms with Crippen LogP contribution in [0.5, 0.6) is 5.88 Å². The first kappa shape index (κ1) is 13.4. The summed E-state index contributed by atoms with van der Waals surface area (Å²) in [7, 11) is 1.43. The van der Waals surface area contributed by atoms with Gasteiger partial charge in [-0.3, -0.25) is 0 Å². The summed E-state index contributed by atoms with van der Waals surface area (Å²) >= 11 is 0. The Morgan fingerprint density at radius 1 is 1.21 bits per heavy atom. The lowest BCUT2D eigenvalue weighted by Crippen LogP contribution is -1.96. The summed E-state index contributed by atoms with van der Waals surface area (Å²) in [5.41, 5.74) is 0.590. The molecule has 0 saturated heterocycles. The number of rotatable bonds is 3. The molecule has 0 radical (unpaired) electrons. The molecular formula is C14H12F3NO. The Bertz CT molecular complexity index is 599. The van der Waals surface area contributed by atoms with E-state index >= 15 is 0 Å². The second kappa shape index (κ2) is 5.30. The van der Waals surface area contributed by atoms with Crippen molar-refractivity contribution in [2.24, 2.45) is 0 Å². The van der Waals surface area contributed by atoms with E-state index in [1.165, 1.54) is 32.4 Å². The second-order valence-corrected chi connectivity index (χ2v) is 4.08. The minimum absolute atomic E-state index is 0.152. The number of nitrogens with zero attached hydrogens (tertiary/aromatic N) is 1. The van der Waals surface area contributed by atoms with Crippen molar-refractivity contribution in [3.63, 3.8) is 0 Å². The van der Waals surface area contributed by atoms with Crippen LogP contribution in [0, 0.1) is 12.7 Å². The Kier molecular flexibility index (Phi) is 3.74. The molecule has 1 heterocycles. The van der Waals surface area contributed by atoms with Crippen molar-refractivity contribution >= 4 is 0 Å². The van der Waals surface area contributed by atoms with Gasteiger partial charge < -0.3 is 4.74 Å². The number of halogens is 3. The van der Waals surface area contributed by atoms with Gasteiger partial charge in [-0.15, -0.1) is 0 Å². The Morgan fingerprint density at radius 2 is 1.95 bits per heavy atom. The molecule has 2 rings (SSSR count). The van der Waals surface area contributed by atoms with Gasteiger partial charge in [0.15, 0.2) is 0 Å². The maximum absolute atomic E-state index is 13.6. The lowest BCUT2D eigenvalue weighted by molar-refractivity contribution is 0.152. The summed E-state index contributed by atoms with van der Waals surface area (Å²) in [6, 6.07) is 5.32. The van der Waals surface area contributed by atoms with Crippen LogP contribution in [0.25, 0.3) is 11.1 Å². The van der Waals surface area contributed by atoms with Crippen LogP contribution in [0.3, 0.4) is 0 Å². The van der Waals surface area contributed by atoms with Crippen molar-refractivity contribution in [3.8, 4) is 17.0 Å². The lowest BCUT2D eigenvalue weighted by atomic mass is 9.98. The molecule has 0 aliphatic heterocycles. The first-order chi connectivity index (χ1) is 9.02. The van der Waals surface area contributed by atoms with Crippen molar-refractivity contribution in [2.45, 2.75) is 13.3 Å². The molecule has 0 unspecified atom stereocenters. The number of benzene rings is 1. The normalized spacial score (nSPS) is 10.8. The number of aryl methyl sites for hydroxylation is 1. The molecule has 5 heteroatoms. The number of pyridine rings is 1. The SMILES string of the molecule is COc1cc(-c2cc(F)c(C)cc2C(F)F)ccn1. The quantitative estimate of drug-likeness (QED) is 0.833. The summed E-state index contributed by atoms with van der Waals surface area (Å²) < 4.78 is 44.6. The zero-order chi connectivity index (χ0) is 14.0. The highest BCUT2D eigenvalue weighted by molar-refractivity contribution is 5.69. The van der Waals surface area contributed by atoms with Gasteiger partial charge in [-0.25, -0.2) is 18.2 Å². The smallest absolute Gasteiger partial charge is 0.264 e. The summed E-state index contributed by atoms with van der Waals surface area (Å²) in [5.74, 6) is -0.228. The van der Waals surface area contributed by atoms with Gasteiger partial charge in [-0.1, -0.05) is 0 Å². The molecule has 0 atom stereocenters. The van der Waals surface area contributed by atoms with Gasteiger partial charge in [-0.05, 0) is 41.8 Å². The Morgan fingerprint density at radius 3 is 2.58 bits per heavy atom. The minimum atomic E-state index is -2.67. The van der Waals surface area contributed by atoms with Crippen LogP contribution in [-0.4, -0.2) is 12.1 Å². The molecule has 0 saturated carbocycles. The third kappa shape index (κ3) is 2.70. The summed E-state index contributed by atoms with van der Waals surface area (Å²) in [5, 5.41) is 0. The van der Waals surface area contributed by atoms with Crippen molar-refractivity contribution in [2.75, 3.05) is 7.11 Å². The monoisotopic (exact) mass is 267 g/mol. The highest BCUT2D eigenvalue weighted by Gasteiger charge is 2.17. The van der Waals surface area contributed by atoms with Crippen molar-refractivity contribution < 1.29 is 17.9 Å². The van der Waals surface area contributed by atoms with Crippen molar-refractivity contribution in [1.29, 1.82) is 0 Å². The molecule has 0 aliphatic rings. The van der Waals surface area contributed by atoms with Crippen molar-refractivity contribution in [1.82, 2.24) is 4.98 Å². The average molecular weight is 267 g/mol. The van der Waals surface area contributed by atoms with E-state index in [1.807, 2.05) is 0 Å². The molecule has 1 aromatic heterocycles. The fourth-order valence-corrected chi connectivity index (χ4v) is 1.82. The van der Waals surface area contributed by atoms with Crippen LogP contribution in [-0.2, 0) is 0 Å². The number of ether oxygens (including phenoxy) is 1. The second-order valence-electron chi connectivity index (χ2n) is 4.08. The highest BCUT2D eigenvalue weighted by Crippen LogP contribution is 2.33. The van der Waals surface area contributed by atoms with Crippen molar-refractivity contribution in [3.05, 3.63) is 47.4 Å². The van der Waals surface area contributed by atoms with E-state index < -0.39 is 12.2 Å². The third-order valence-electron chi connectivity index (χ3n) is 2.82. The van der Waals surface area contributed by atoms with Crippen LogP contribution in [0.15, 0.2) is 30.5 Å². The van der Waals surface area contributed by atoms with Gasteiger partial charge in [0.25, 0.3) is 6.43 Å². The number of alkyl halides is 2. The fourth-order valence-electron chi connectivity index (χ4n) is 1.82. The number of hydrogen-bond acceptors (Lipinski definition) is 2. The molecule has 2 aromatic rings. The molecular weight excluding hydrogens is 255 g/mol. The number of methoxy groups -OCH3 is 1. The number of aromatic nitrogens is 1. The predicted molar refractivity (Wildman–Crippen MR) is 65.9 cm³/mol. The largest absolute Gasteiger partial charge is 0.481 e. The minimum Gasteiger partial charge on any atom is -0.481 e. The molecule has 100 valence electrons. The Balaban J connectivity index is 2.62. The van der Waals surface area contributed by atoms with E-state index in [4.69, 9.17) is 4.74 Å². The Hall–Kier alpha value is -2.04. The van der Waals surface area contributed by atoms with Gasteiger partial charge in [0, 0.05) is 17.8 Å². The molecule has 0 bridgehead atoms. The summed E-state index contributed by atoms with van der Waals surface area (Å²) in [6.07, 6.45) is -1.24. The van der Waals surface area contributed by atoms with E-state index in [1.54, 1.807) is 6.07 Å². The highest BCUT2D eigenvalue weighted by atomic mass is 19.3. The van der Waals surface area contributed by atoms with Gasteiger partial charge >= 0.3 is 0 Å². The van der Waals surface area contributed by atoms with E-state index in [-0.39, 0.29) is 16.7 Å². The van der Waals surface area contributed by atoms with Crippen LogP contribution in [0.2, 0.25) is 0 Å². The van der Waals surface area contributed by atoms with Gasteiger partial charge in [0.1, 0.15) is 5.82 Å². The molecule has 2 nitrogen and oxygen atoms in total. The van der Waals surface area contributed by atoms with Crippen LogP contribution in [0.1, 0.15) is 17.6 Å².